The zero-order chi connectivity index (χ0) is 15.3. The average Bonchev–Trinajstić information content (AvgIpc) is 2.38. The molecule has 0 radical (unpaired) electrons. The highest BCUT2D eigenvalue weighted by Crippen LogP contribution is 2.25. The van der Waals surface area contributed by atoms with Crippen molar-refractivity contribution in [2.24, 2.45) is 5.92 Å². The topological polar surface area (TPSA) is 70.1 Å². The molecule has 6 nitrogen and oxygen atoms in total. The second kappa shape index (κ2) is 7.47. The van der Waals surface area contributed by atoms with Crippen molar-refractivity contribution in [1.82, 2.24) is 9.80 Å². The largest absolute Gasteiger partial charge is 0.480 e. The summed E-state index contributed by atoms with van der Waals surface area (Å²) in [4.78, 5) is 27.3. The van der Waals surface area contributed by atoms with E-state index in [4.69, 9.17) is 4.74 Å². The molecular formula is C14H26N2O4. The fraction of sp³-hybridized carbons (Fsp3) is 0.857. The number of likely N-dealkylation sites (tertiary alicyclic amines) is 1. The van der Waals surface area contributed by atoms with Crippen LogP contribution in [0, 0.1) is 5.92 Å². The summed E-state index contributed by atoms with van der Waals surface area (Å²) in [5, 5.41) is 9.39. The Morgan fingerprint density at radius 3 is 2.65 bits per heavy atom. The minimum atomic E-state index is -0.916. The molecule has 1 aliphatic heterocycles. The summed E-state index contributed by atoms with van der Waals surface area (Å²) < 4.78 is 5.09. The molecule has 0 spiro atoms. The van der Waals surface area contributed by atoms with E-state index in [1.807, 2.05) is 20.8 Å². The third-order valence-electron chi connectivity index (χ3n) is 3.96. The third-order valence-corrected chi connectivity index (χ3v) is 3.96. The summed E-state index contributed by atoms with van der Waals surface area (Å²) in [6, 6.07) is -0.986. The van der Waals surface area contributed by atoms with Crippen LogP contribution in [0.5, 0.6) is 0 Å². The first-order valence-corrected chi connectivity index (χ1v) is 7.23. The van der Waals surface area contributed by atoms with Gasteiger partial charge in [0, 0.05) is 20.2 Å². The highest BCUT2D eigenvalue weighted by molar-refractivity contribution is 5.83. The molecule has 0 aromatic heterocycles. The number of hydrogen-bond acceptors (Lipinski definition) is 3. The minimum Gasteiger partial charge on any atom is -0.480 e. The first kappa shape index (κ1) is 16.8. The predicted octanol–water partition coefficient (Wildman–Crippen LogP) is 1.65. The van der Waals surface area contributed by atoms with Gasteiger partial charge in [-0.1, -0.05) is 6.92 Å². The fourth-order valence-corrected chi connectivity index (χ4v) is 2.91. The molecule has 3 unspecified atom stereocenters. The lowest BCUT2D eigenvalue weighted by molar-refractivity contribution is -0.145. The molecule has 0 saturated carbocycles. The van der Waals surface area contributed by atoms with E-state index < -0.39 is 12.0 Å². The summed E-state index contributed by atoms with van der Waals surface area (Å²) in [5.74, 6) is -0.928. The van der Waals surface area contributed by atoms with E-state index >= 15 is 0 Å². The summed E-state index contributed by atoms with van der Waals surface area (Å²) in [6.07, 6.45) is 1.70. The van der Waals surface area contributed by atoms with Crippen molar-refractivity contribution in [1.29, 1.82) is 0 Å². The van der Waals surface area contributed by atoms with Gasteiger partial charge in [-0.25, -0.2) is 9.59 Å². The average molecular weight is 286 g/mol. The number of methoxy groups -OCH3 is 1. The molecule has 1 heterocycles. The SMILES string of the molecule is CCN(C(=O)N1CCCC(C)C1C(=O)O)C(C)COC. The van der Waals surface area contributed by atoms with Gasteiger partial charge in [-0.3, -0.25) is 0 Å². The van der Waals surface area contributed by atoms with Gasteiger partial charge in [-0.2, -0.15) is 0 Å². The van der Waals surface area contributed by atoms with Crippen LogP contribution >= 0.6 is 0 Å². The van der Waals surface area contributed by atoms with Crippen LogP contribution in [0.15, 0.2) is 0 Å². The lowest BCUT2D eigenvalue weighted by Gasteiger charge is -2.41. The maximum Gasteiger partial charge on any atom is 0.326 e. The highest BCUT2D eigenvalue weighted by atomic mass is 16.5. The first-order valence-electron chi connectivity index (χ1n) is 7.23. The Hall–Kier alpha value is -1.30. The van der Waals surface area contributed by atoms with Gasteiger partial charge in [-0.05, 0) is 32.6 Å². The van der Waals surface area contributed by atoms with Crippen molar-refractivity contribution in [3.8, 4) is 0 Å². The van der Waals surface area contributed by atoms with E-state index in [-0.39, 0.29) is 18.0 Å². The molecule has 116 valence electrons. The van der Waals surface area contributed by atoms with Crippen LogP contribution in [-0.2, 0) is 9.53 Å². The molecule has 0 aromatic rings. The number of piperidine rings is 1. The third kappa shape index (κ3) is 3.62. The molecule has 3 atom stereocenters. The van der Waals surface area contributed by atoms with Gasteiger partial charge in [0.2, 0.25) is 0 Å². The van der Waals surface area contributed by atoms with Crippen LogP contribution in [0.1, 0.15) is 33.6 Å². The van der Waals surface area contributed by atoms with Gasteiger partial charge in [0.25, 0.3) is 0 Å². The highest BCUT2D eigenvalue weighted by Gasteiger charge is 2.39. The Morgan fingerprint density at radius 2 is 2.15 bits per heavy atom. The fourth-order valence-electron chi connectivity index (χ4n) is 2.91. The van der Waals surface area contributed by atoms with Crippen molar-refractivity contribution >= 4 is 12.0 Å². The molecule has 0 aliphatic carbocycles. The van der Waals surface area contributed by atoms with Crippen molar-refractivity contribution in [2.45, 2.75) is 45.7 Å². The number of nitrogens with zero attached hydrogens (tertiary/aromatic N) is 2. The van der Waals surface area contributed by atoms with Gasteiger partial charge >= 0.3 is 12.0 Å². The monoisotopic (exact) mass is 286 g/mol. The van der Waals surface area contributed by atoms with Crippen molar-refractivity contribution in [3.05, 3.63) is 0 Å². The van der Waals surface area contributed by atoms with Crippen LogP contribution in [0.3, 0.4) is 0 Å². The number of rotatable bonds is 5. The molecular weight excluding hydrogens is 260 g/mol. The van der Waals surface area contributed by atoms with Gasteiger partial charge in [0.15, 0.2) is 0 Å². The molecule has 6 heteroatoms. The maximum absolute atomic E-state index is 12.6. The summed E-state index contributed by atoms with van der Waals surface area (Å²) >= 11 is 0. The number of carboxylic acids is 1. The molecule has 1 saturated heterocycles. The van der Waals surface area contributed by atoms with E-state index in [0.717, 1.165) is 12.8 Å². The van der Waals surface area contributed by atoms with Crippen molar-refractivity contribution in [3.63, 3.8) is 0 Å². The van der Waals surface area contributed by atoms with Crippen LogP contribution in [0.25, 0.3) is 0 Å². The van der Waals surface area contributed by atoms with E-state index in [1.165, 1.54) is 4.90 Å². The smallest absolute Gasteiger partial charge is 0.326 e. The lowest BCUT2D eigenvalue weighted by Crippen LogP contribution is -2.57. The van der Waals surface area contributed by atoms with E-state index in [9.17, 15) is 14.7 Å². The molecule has 1 aliphatic rings. The zero-order valence-electron chi connectivity index (χ0n) is 12.8. The number of aliphatic carboxylic acids is 1. The Kier molecular flexibility index (Phi) is 6.26. The number of carbonyl (C=O) groups excluding carboxylic acids is 1. The number of carbonyl (C=O) groups is 2. The number of urea groups is 1. The summed E-state index contributed by atoms with van der Waals surface area (Å²) in [7, 11) is 1.60. The quantitative estimate of drug-likeness (QED) is 0.834. The van der Waals surface area contributed by atoms with E-state index in [0.29, 0.717) is 19.7 Å². The normalized spacial score (nSPS) is 24.3. The maximum atomic E-state index is 12.6. The van der Waals surface area contributed by atoms with Crippen LogP contribution < -0.4 is 0 Å². The lowest BCUT2D eigenvalue weighted by atomic mass is 9.91. The molecule has 1 rings (SSSR count). The van der Waals surface area contributed by atoms with Gasteiger partial charge in [0.1, 0.15) is 6.04 Å². The molecule has 0 aromatic carbocycles. The minimum absolute atomic E-state index is 0.0124. The van der Waals surface area contributed by atoms with E-state index in [2.05, 4.69) is 0 Å². The molecule has 0 bridgehead atoms. The Bertz CT molecular complexity index is 348. The van der Waals surface area contributed by atoms with Crippen molar-refractivity contribution in [2.75, 3.05) is 26.8 Å². The Morgan fingerprint density at radius 1 is 1.50 bits per heavy atom. The second-order valence-corrected chi connectivity index (χ2v) is 5.47. The van der Waals surface area contributed by atoms with Crippen LogP contribution in [0.2, 0.25) is 0 Å². The zero-order valence-corrected chi connectivity index (χ0v) is 12.8. The Balaban J connectivity index is 2.88. The molecule has 20 heavy (non-hydrogen) atoms. The van der Waals surface area contributed by atoms with Crippen LogP contribution in [-0.4, -0.2) is 65.8 Å². The van der Waals surface area contributed by atoms with Gasteiger partial charge in [0.05, 0.1) is 12.6 Å². The number of likely N-dealkylation sites (N-methyl/N-ethyl adjacent to an activating group) is 1. The van der Waals surface area contributed by atoms with Gasteiger partial charge in [-0.15, -0.1) is 0 Å². The Labute approximate surface area is 120 Å². The molecule has 2 amide bonds. The number of carboxylic acid groups (broad SMARTS) is 1. The summed E-state index contributed by atoms with van der Waals surface area (Å²) in [5.41, 5.74) is 0. The molecule has 1 N–H and O–H groups in total. The molecule has 1 fully saturated rings. The number of hydrogen-bond donors (Lipinski definition) is 1. The standard InChI is InChI=1S/C14H26N2O4/c1-5-15(11(3)9-20-4)14(19)16-8-6-7-10(2)12(16)13(17)18/h10-12H,5-9H2,1-4H3,(H,17,18). The summed E-state index contributed by atoms with van der Waals surface area (Å²) in [6.45, 7) is 7.20. The first-order chi connectivity index (χ1) is 9.43. The van der Waals surface area contributed by atoms with E-state index in [1.54, 1.807) is 12.0 Å². The van der Waals surface area contributed by atoms with Crippen molar-refractivity contribution < 1.29 is 19.4 Å². The number of amides is 2. The van der Waals surface area contributed by atoms with Gasteiger partial charge < -0.3 is 19.6 Å². The number of ether oxygens (including phenoxy) is 1. The second-order valence-electron chi connectivity index (χ2n) is 5.47. The predicted molar refractivity (Wildman–Crippen MR) is 75.6 cm³/mol. The van der Waals surface area contributed by atoms with Crippen LogP contribution in [0.4, 0.5) is 4.79 Å².